The van der Waals surface area contributed by atoms with Crippen LogP contribution in [0.3, 0.4) is 0 Å². The maximum Gasteiger partial charge on any atom is 0.325 e. The van der Waals surface area contributed by atoms with Crippen LogP contribution < -0.4 is 0 Å². The molecule has 0 amide bonds. The fourth-order valence-electron chi connectivity index (χ4n) is 2.91. The molecule has 1 unspecified atom stereocenters. The van der Waals surface area contributed by atoms with E-state index in [0.717, 1.165) is 0 Å². The fourth-order valence-corrected chi connectivity index (χ4v) is 5.58. The van der Waals surface area contributed by atoms with E-state index < -0.39 is 20.4 Å². The molecule has 0 aliphatic heterocycles. The van der Waals surface area contributed by atoms with E-state index in [0.29, 0.717) is 6.42 Å². The van der Waals surface area contributed by atoms with Crippen molar-refractivity contribution in [1.82, 2.24) is 0 Å². The summed E-state index contributed by atoms with van der Waals surface area (Å²) >= 11 is 5.02. The van der Waals surface area contributed by atoms with Crippen molar-refractivity contribution in [3.63, 3.8) is 0 Å². The van der Waals surface area contributed by atoms with Gasteiger partial charge in [0.05, 0.1) is 24.5 Å². The first-order chi connectivity index (χ1) is 9.95. The molecule has 132 valence electrons. The molecule has 0 radical (unpaired) electrons. The van der Waals surface area contributed by atoms with Crippen LogP contribution in [0.1, 0.15) is 33.6 Å². The van der Waals surface area contributed by atoms with Crippen LogP contribution in [0.5, 0.6) is 0 Å². The molecule has 22 heavy (non-hydrogen) atoms. The lowest BCUT2D eigenvalue weighted by Gasteiger charge is -2.29. The van der Waals surface area contributed by atoms with Crippen LogP contribution in [0.2, 0.25) is 0 Å². The third-order valence-electron chi connectivity index (χ3n) is 3.69. The molecule has 0 bridgehead atoms. The highest BCUT2D eigenvalue weighted by molar-refractivity contribution is 8.07. The van der Waals surface area contributed by atoms with Crippen molar-refractivity contribution in [3.8, 4) is 0 Å². The van der Waals surface area contributed by atoms with Crippen molar-refractivity contribution in [1.29, 1.82) is 0 Å². The topological polar surface area (TPSA) is 105 Å². The highest BCUT2D eigenvalue weighted by Gasteiger charge is 2.45. The van der Waals surface area contributed by atoms with Crippen molar-refractivity contribution in [2.24, 2.45) is 11.8 Å². The van der Waals surface area contributed by atoms with Crippen LogP contribution in [0.15, 0.2) is 0 Å². The van der Waals surface area contributed by atoms with E-state index >= 15 is 0 Å². The SMILES string of the molecule is CO[C@@H]1[C@H](OP(O)(=S)OC(C)C)[C@@H](CCP(=O)(O)O)C[C@@H]1C. The second kappa shape index (κ2) is 8.15. The standard InChI is InChI=1S/C12H26O7P2S/c1-8(2)18-21(16,22)19-12-10(5-6-20(13,14)15)7-9(3)11(12)17-4/h8-12H,5-7H2,1-4H3,(H,16,22)(H2,13,14,15)/t9-,10-,11-,12+,21?/m0/s1. The summed E-state index contributed by atoms with van der Waals surface area (Å²) in [5, 5.41) is 0. The summed E-state index contributed by atoms with van der Waals surface area (Å²) < 4.78 is 27.4. The van der Waals surface area contributed by atoms with Gasteiger partial charge < -0.3 is 28.5 Å². The van der Waals surface area contributed by atoms with Gasteiger partial charge in [-0.3, -0.25) is 4.57 Å². The van der Waals surface area contributed by atoms with Crippen molar-refractivity contribution in [3.05, 3.63) is 0 Å². The zero-order valence-corrected chi connectivity index (χ0v) is 15.9. The molecular weight excluding hydrogens is 350 g/mol. The Bertz CT molecular complexity index is 453. The zero-order valence-electron chi connectivity index (χ0n) is 13.3. The predicted octanol–water partition coefficient (Wildman–Crippen LogP) is 2.25. The van der Waals surface area contributed by atoms with Crippen LogP contribution >= 0.6 is 14.3 Å². The minimum atomic E-state index is -4.07. The van der Waals surface area contributed by atoms with Crippen LogP contribution in [0.25, 0.3) is 0 Å². The Morgan fingerprint density at radius 1 is 1.27 bits per heavy atom. The van der Waals surface area contributed by atoms with Gasteiger partial charge in [0, 0.05) is 7.11 Å². The van der Waals surface area contributed by atoms with Crippen LogP contribution in [-0.2, 0) is 30.2 Å². The Balaban J connectivity index is 2.83. The van der Waals surface area contributed by atoms with Gasteiger partial charge in [-0.2, -0.15) is 0 Å². The quantitative estimate of drug-likeness (QED) is 0.554. The molecule has 0 saturated heterocycles. The summed E-state index contributed by atoms with van der Waals surface area (Å²) in [6.45, 7) is 2.06. The van der Waals surface area contributed by atoms with Crippen LogP contribution in [0.4, 0.5) is 0 Å². The normalized spacial score (nSPS) is 32.4. The Morgan fingerprint density at radius 3 is 2.32 bits per heavy atom. The second-order valence-corrected chi connectivity index (χ2v) is 10.6. The van der Waals surface area contributed by atoms with Gasteiger partial charge in [0.15, 0.2) is 0 Å². The van der Waals surface area contributed by atoms with Gasteiger partial charge >= 0.3 is 14.3 Å². The van der Waals surface area contributed by atoms with Crippen LogP contribution in [0, 0.1) is 11.8 Å². The molecule has 1 fully saturated rings. The van der Waals surface area contributed by atoms with Gasteiger partial charge in [-0.25, -0.2) is 0 Å². The third-order valence-corrected chi connectivity index (χ3v) is 6.24. The number of hydrogen-bond donors (Lipinski definition) is 3. The lowest BCUT2D eigenvalue weighted by atomic mass is 10.0. The molecular formula is C12H26O7P2S. The first kappa shape index (κ1) is 20.7. The third kappa shape index (κ3) is 6.63. The fraction of sp³-hybridized carbons (Fsp3) is 1.00. The molecule has 0 aromatic carbocycles. The molecule has 10 heteroatoms. The lowest BCUT2D eigenvalue weighted by Crippen LogP contribution is -2.32. The van der Waals surface area contributed by atoms with Crippen molar-refractivity contribution >= 4 is 26.1 Å². The molecule has 1 aliphatic rings. The molecule has 3 N–H and O–H groups in total. The molecule has 0 aromatic heterocycles. The van der Waals surface area contributed by atoms with Gasteiger partial charge in [-0.15, -0.1) is 0 Å². The summed E-state index contributed by atoms with van der Waals surface area (Å²) in [6, 6.07) is 0. The molecule has 0 aromatic rings. The van der Waals surface area contributed by atoms with Gasteiger partial charge in [0.25, 0.3) is 0 Å². The largest absolute Gasteiger partial charge is 0.378 e. The molecule has 1 rings (SSSR count). The highest BCUT2D eigenvalue weighted by atomic mass is 32.5. The van der Waals surface area contributed by atoms with Crippen molar-refractivity contribution in [2.75, 3.05) is 13.3 Å². The van der Waals surface area contributed by atoms with E-state index in [2.05, 4.69) is 0 Å². The van der Waals surface area contributed by atoms with E-state index in [-0.39, 0.29) is 36.6 Å². The van der Waals surface area contributed by atoms with Gasteiger partial charge in [-0.1, -0.05) is 6.92 Å². The number of hydrogen-bond acceptors (Lipinski definition) is 5. The minimum absolute atomic E-state index is 0.141. The number of methoxy groups -OCH3 is 1. The second-order valence-electron chi connectivity index (χ2n) is 6.04. The Morgan fingerprint density at radius 2 is 1.86 bits per heavy atom. The highest BCUT2D eigenvalue weighted by Crippen LogP contribution is 2.52. The number of rotatable bonds is 8. The summed E-state index contributed by atoms with van der Waals surface area (Å²) in [5.74, 6) is 0.00336. The molecule has 1 aliphatic carbocycles. The van der Waals surface area contributed by atoms with Crippen molar-refractivity contribution in [2.45, 2.75) is 51.9 Å². The van der Waals surface area contributed by atoms with E-state index in [1.807, 2.05) is 6.92 Å². The van der Waals surface area contributed by atoms with Gasteiger partial charge in [0.1, 0.15) is 0 Å². The molecule has 0 heterocycles. The van der Waals surface area contributed by atoms with Crippen LogP contribution in [-0.4, -0.2) is 46.3 Å². The molecule has 7 nitrogen and oxygen atoms in total. The van der Waals surface area contributed by atoms with E-state index in [1.54, 1.807) is 21.0 Å². The van der Waals surface area contributed by atoms with Gasteiger partial charge in [-0.05, 0) is 50.3 Å². The molecule has 0 spiro atoms. The predicted molar refractivity (Wildman–Crippen MR) is 87.2 cm³/mol. The average Bonchev–Trinajstić information content (AvgIpc) is 2.59. The monoisotopic (exact) mass is 376 g/mol. The first-order valence-corrected chi connectivity index (χ1v) is 11.6. The van der Waals surface area contributed by atoms with E-state index in [4.69, 9.17) is 35.4 Å². The minimum Gasteiger partial charge on any atom is -0.378 e. The Labute approximate surface area is 136 Å². The smallest absolute Gasteiger partial charge is 0.325 e. The van der Waals surface area contributed by atoms with E-state index in [1.165, 1.54) is 0 Å². The Hall–Kier alpha value is 0.640. The maximum absolute atomic E-state index is 11.1. The number of ether oxygens (including phenoxy) is 1. The first-order valence-electron chi connectivity index (χ1n) is 7.22. The van der Waals surface area contributed by atoms with Crippen molar-refractivity contribution < 1.29 is 33.0 Å². The van der Waals surface area contributed by atoms with Gasteiger partial charge in [0.2, 0.25) is 0 Å². The van der Waals surface area contributed by atoms with E-state index in [9.17, 15) is 9.46 Å². The summed E-state index contributed by atoms with van der Waals surface area (Å²) in [6.07, 6.45) is -0.326. The lowest BCUT2D eigenvalue weighted by molar-refractivity contribution is -0.0202. The Kier molecular flexibility index (Phi) is 7.66. The summed E-state index contributed by atoms with van der Waals surface area (Å²) in [5.41, 5.74) is 0. The molecule has 1 saturated carbocycles. The summed E-state index contributed by atoms with van der Waals surface area (Å²) in [7, 11) is -2.52. The summed E-state index contributed by atoms with van der Waals surface area (Å²) in [4.78, 5) is 28.3. The zero-order chi connectivity index (χ0) is 17.1. The average molecular weight is 376 g/mol. The maximum atomic E-state index is 11.1. The molecule has 5 atom stereocenters.